The Balaban J connectivity index is 1.88. The molecule has 1 amide bonds. The van der Waals surface area contributed by atoms with Gasteiger partial charge in [-0.25, -0.2) is 0 Å². The molecule has 2 heterocycles. The molecule has 3 rings (SSSR count). The summed E-state index contributed by atoms with van der Waals surface area (Å²) in [6.07, 6.45) is 0.643. The third-order valence-corrected chi connectivity index (χ3v) is 4.05. The highest BCUT2D eigenvalue weighted by Gasteiger charge is 2.33. The van der Waals surface area contributed by atoms with E-state index in [-0.39, 0.29) is 5.91 Å². The van der Waals surface area contributed by atoms with Crippen LogP contribution in [0.25, 0.3) is 0 Å². The van der Waals surface area contributed by atoms with E-state index in [1.54, 1.807) is 13.3 Å². The minimum absolute atomic E-state index is 0.282. The van der Waals surface area contributed by atoms with Crippen LogP contribution in [-0.4, -0.2) is 25.1 Å². The number of hydrogen-bond acceptors (Lipinski definition) is 4. The standard InChI is InChI=1S/C16H18N2O3/c1-10-11(6-7-21-10)9-17(2)12-4-5-13-14(8-12)18(3)16(20)15(13)19/h4-8,15,19H,9H2,1-3H3. The summed E-state index contributed by atoms with van der Waals surface area (Å²) < 4.78 is 5.31. The topological polar surface area (TPSA) is 56.9 Å². The van der Waals surface area contributed by atoms with Crippen LogP contribution in [0.1, 0.15) is 23.0 Å². The minimum atomic E-state index is -1.04. The summed E-state index contributed by atoms with van der Waals surface area (Å²) in [5, 5.41) is 9.88. The number of likely N-dealkylation sites (N-methyl/N-ethyl adjacent to an activating group) is 1. The van der Waals surface area contributed by atoms with Crippen LogP contribution in [0.2, 0.25) is 0 Å². The molecular weight excluding hydrogens is 268 g/mol. The summed E-state index contributed by atoms with van der Waals surface area (Å²) >= 11 is 0. The zero-order chi connectivity index (χ0) is 15.1. The van der Waals surface area contributed by atoms with Crippen LogP contribution in [0.5, 0.6) is 0 Å². The maximum atomic E-state index is 11.8. The Morgan fingerprint density at radius 3 is 2.81 bits per heavy atom. The number of furan rings is 1. The van der Waals surface area contributed by atoms with Crippen LogP contribution in [0.15, 0.2) is 34.9 Å². The fourth-order valence-electron chi connectivity index (χ4n) is 2.65. The second-order valence-corrected chi connectivity index (χ2v) is 5.40. The van der Waals surface area contributed by atoms with Gasteiger partial charge in [0.2, 0.25) is 0 Å². The first kappa shape index (κ1) is 13.7. The Morgan fingerprint density at radius 2 is 2.14 bits per heavy atom. The van der Waals surface area contributed by atoms with Crippen molar-refractivity contribution in [1.82, 2.24) is 0 Å². The number of benzene rings is 1. The van der Waals surface area contributed by atoms with Crippen molar-refractivity contribution >= 4 is 17.3 Å². The van der Waals surface area contributed by atoms with Crippen molar-refractivity contribution in [2.45, 2.75) is 19.6 Å². The second kappa shape index (κ2) is 4.93. The number of fused-ring (bicyclic) bond motifs is 1. The Kier molecular flexibility index (Phi) is 3.22. The highest BCUT2D eigenvalue weighted by molar-refractivity contribution is 6.03. The van der Waals surface area contributed by atoms with Crippen molar-refractivity contribution in [1.29, 1.82) is 0 Å². The molecule has 0 radical (unpaired) electrons. The molecule has 5 nitrogen and oxygen atoms in total. The van der Waals surface area contributed by atoms with Gasteiger partial charge in [-0.2, -0.15) is 0 Å². The highest BCUT2D eigenvalue weighted by Crippen LogP contribution is 2.37. The fourth-order valence-corrected chi connectivity index (χ4v) is 2.65. The SMILES string of the molecule is Cc1occc1CN(C)c1ccc2c(c1)N(C)C(=O)C2O. The molecule has 0 spiro atoms. The molecule has 1 aliphatic heterocycles. The first-order valence-electron chi connectivity index (χ1n) is 6.82. The largest absolute Gasteiger partial charge is 0.469 e. The summed E-state index contributed by atoms with van der Waals surface area (Å²) in [5.41, 5.74) is 3.55. The predicted molar refractivity (Wildman–Crippen MR) is 80.4 cm³/mol. The summed E-state index contributed by atoms with van der Waals surface area (Å²) in [5.74, 6) is 0.626. The molecule has 2 aromatic rings. The van der Waals surface area contributed by atoms with Gasteiger partial charge in [0, 0.05) is 37.5 Å². The van der Waals surface area contributed by atoms with E-state index < -0.39 is 6.10 Å². The Bertz CT molecular complexity index is 693. The molecule has 0 bridgehead atoms. The number of hydrogen-bond donors (Lipinski definition) is 1. The quantitative estimate of drug-likeness (QED) is 0.940. The van der Waals surface area contributed by atoms with Gasteiger partial charge in [-0.05, 0) is 25.1 Å². The summed E-state index contributed by atoms with van der Waals surface area (Å²) in [6, 6.07) is 7.62. The number of aliphatic hydroxyl groups excluding tert-OH is 1. The molecule has 1 aromatic carbocycles. The van der Waals surface area contributed by atoms with E-state index in [1.165, 1.54) is 4.90 Å². The molecule has 0 fully saturated rings. The maximum Gasteiger partial charge on any atom is 0.260 e. The smallest absolute Gasteiger partial charge is 0.260 e. The zero-order valence-corrected chi connectivity index (χ0v) is 12.3. The molecule has 1 atom stereocenters. The maximum absolute atomic E-state index is 11.8. The third-order valence-electron chi connectivity index (χ3n) is 4.05. The van der Waals surface area contributed by atoms with Crippen molar-refractivity contribution in [3.05, 3.63) is 47.4 Å². The number of anilines is 2. The van der Waals surface area contributed by atoms with E-state index in [4.69, 9.17) is 4.42 Å². The van der Waals surface area contributed by atoms with E-state index in [0.717, 1.165) is 29.2 Å². The number of carbonyl (C=O) groups excluding carboxylic acids is 1. The first-order chi connectivity index (χ1) is 9.99. The Morgan fingerprint density at radius 1 is 1.38 bits per heavy atom. The van der Waals surface area contributed by atoms with Gasteiger partial charge in [0.25, 0.3) is 5.91 Å². The molecule has 0 saturated carbocycles. The Labute approximate surface area is 123 Å². The molecule has 5 heteroatoms. The van der Waals surface area contributed by atoms with Crippen molar-refractivity contribution in [3.63, 3.8) is 0 Å². The average Bonchev–Trinajstić information content (AvgIpc) is 2.97. The molecule has 0 aliphatic carbocycles. The fraction of sp³-hybridized carbons (Fsp3) is 0.312. The van der Waals surface area contributed by atoms with Gasteiger partial charge in [0.15, 0.2) is 6.10 Å². The van der Waals surface area contributed by atoms with Crippen molar-refractivity contribution in [2.24, 2.45) is 0 Å². The van der Waals surface area contributed by atoms with Crippen molar-refractivity contribution in [3.8, 4) is 0 Å². The molecule has 1 aliphatic rings. The number of nitrogens with zero attached hydrogens (tertiary/aromatic N) is 2. The highest BCUT2D eigenvalue weighted by atomic mass is 16.3. The van der Waals surface area contributed by atoms with Crippen LogP contribution < -0.4 is 9.80 Å². The summed E-state index contributed by atoms with van der Waals surface area (Å²) in [6.45, 7) is 2.66. The average molecular weight is 286 g/mol. The lowest BCUT2D eigenvalue weighted by molar-refractivity contribution is -0.125. The van der Waals surface area contributed by atoms with Crippen molar-refractivity contribution < 1.29 is 14.3 Å². The monoisotopic (exact) mass is 286 g/mol. The predicted octanol–water partition coefficient (Wildman–Crippen LogP) is 2.23. The number of carbonyl (C=O) groups is 1. The van der Waals surface area contributed by atoms with Gasteiger partial charge in [-0.3, -0.25) is 4.79 Å². The lowest BCUT2D eigenvalue weighted by Gasteiger charge is -2.21. The van der Waals surface area contributed by atoms with Gasteiger partial charge in [0.05, 0.1) is 12.0 Å². The molecule has 1 aromatic heterocycles. The van der Waals surface area contributed by atoms with E-state index in [9.17, 15) is 9.90 Å². The van der Waals surface area contributed by atoms with Crippen LogP contribution in [0, 0.1) is 6.92 Å². The van der Waals surface area contributed by atoms with Crippen molar-refractivity contribution in [2.75, 3.05) is 23.9 Å². The number of aliphatic hydroxyl groups is 1. The lowest BCUT2D eigenvalue weighted by Crippen LogP contribution is -2.23. The minimum Gasteiger partial charge on any atom is -0.469 e. The Hall–Kier alpha value is -2.27. The molecule has 1 unspecified atom stereocenters. The number of amides is 1. The zero-order valence-electron chi connectivity index (χ0n) is 12.3. The molecular formula is C16H18N2O3. The van der Waals surface area contributed by atoms with Gasteiger partial charge in [0.1, 0.15) is 5.76 Å². The normalized spacial score (nSPS) is 17.2. The molecule has 1 N–H and O–H groups in total. The van der Waals surface area contributed by atoms with E-state index in [1.807, 2.05) is 38.2 Å². The van der Waals surface area contributed by atoms with E-state index >= 15 is 0 Å². The second-order valence-electron chi connectivity index (χ2n) is 5.40. The van der Waals surface area contributed by atoms with Gasteiger partial charge < -0.3 is 19.3 Å². The molecule has 0 saturated heterocycles. The van der Waals surface area contributed by atoms with Crippen LogP contribution in [-0.2, 0) is 11.3 Å². The van der Waals surface area contributed by atoms with E-state index in [0.29, 0.717) is 5.56 Å². The van der Waals surface area contributed by atoms with Gasteiger partial charge >= 0.3 is 0 Å². The van der Waals surface area contributed by atoms with E-state index in [2.05, 4.69) is 4.90 Å². The van der Waals surface area contributed by atoms with Crippen LogP contribution in [0.3, 0.4) is 0 Å². The number of aryl methyl sites for hydroxylation is 1. The third kappa shape index (κ3) is 2.19. The van der Waals surface area contributed by atoms with Crippen LogP contribution in [0.4, 0.5) is 11.4 Å². The molecule has 110 valence electrons. The van der Waals surface area contributed by atoms with Crippen LogP contribution >= 0.6 is 0 Å². The van der Waals surface area contributed by atoms with Gasteiger partial charge in [-0.1, -0.05) is 6.07 Å². The first-order valence-corrected chi connectivity index (χ1v) is 6.82. The molecule has 21 heavy (non-hydrogen) atoms. The van der Waals surface area contributed by atoms with Gasteiger partial charge in [-0.15, -0.1) is 0 Å². The summed E-state index contributed by atoms with van der Waals surface area (Å²) in [7, 11) is 3.67. The summed E-state index contributed by atoms with van der Waals surface area (Å²) in [4.78, 5) is 15.4. The lowest BCUT2D eigenvalue weighted by atomic mass is 10.1. The number of rotatable bonds is 3.